The molecule has 3 aliphatic rings. The van der Waals surface area contributed by atoms with Crippen LogP contribution in [0.1, 0.15) is 47.4 Å². The molecule has 1 aromatic heterocycles. The highest BCUT2D eigenvalue weighted by Crippen LogP contribution is 2.63. The molecule has 1 saturated heterocycles. The van der Waals surface area contributed by atoms with E-state index in [2.05, 4.69) is 0 Å². The molecule has 7 nitrogen and oxygen atoms in total. The van der Waals surface area contributed by atoms with Crippen molar-refractivity contribution in [2.24, 2.45) is 5.41 Å². The summed E-state index contributed by atoms with van der Waals surface area (Å²) in [6.07, 6.45) is 3.75. The van der Waals surface area contributed by atoms with E-state index in [0.29, 0.717) is 49.5 Å². The van der Waals surface area contributed by atoms with Crippen molar-refractivity contribution in [1.82, 2.24) is 0 Å². The van der Waals surface area contributed by atoms with E-state index in [-0.39, 0.29) is 17.3 Å². The van der Waals surface area contributed by atoms with Gasteiger partial charge in [-0.1, -0.05) is 60.2 Å². The van der Waals surface area contributed by atoms with Crippen molar-refractivity contribution in [2.45, 2.75) is 18.0 Å². The lowest BCUT2D eigenvalue weighted by Gasteiger charge is -2.37. The number of benzene rings is 3. The molecular formula is C34H26ClNO6S. The molecule has 7 rings (SSSR count). The SMILES string of the molecule is COc1ccc(C2C(C(=O)c3cccs3)N3c4ccc(Cl)cc4C=CC3C23C(=O)c2ccccc2C3=O)c(OC)c1OC. The van der Waals surface area contributed by atoms with E-state index in [0.717, 1.165) is 5.56 Å². The average Bonchev–Trinajstić information content (AvgIpc) is 3.73. The van der Waals surface area contributed by atoms with E-state index in [1.165, 1.54) is 32.7 Å². The summed E-state index contributed by atoms with van der Waals surface area (Å²) in [5.74, 6) is -0.787. The lowest BCUT2D eigenvalue weighted by molar-refractivity contribution is 0.0664. The van der Waals surface area contributed by atoms with E-state index in [9.17, 15) is 14.4 Å². The van der Waals surface area contributed by atoms with Gasteiger partial charge in [-0.3, -0.25) is 14.4 Å². The van der Waals surface area contributed by atoms with Crippen LogP contribution in [0, 0.1) is 5.41 Å². The minimum absolute atomic E-state index is 0.202. The molecule has 3 heterocycles. The Morgan fingerprint density at radius 3 is 2.23 bits per heavy atom. The van der Waals surface area contributed by atoms with Gasteiger partial charge in [-0.25, -0.2) is 0 Å². The van der Waals surface area contributed by atoms with Crippen molar-refractivity contribution in [3.05, 3.63) is 110 Å². The van der Waals surface area contributed by atoms with Crippen LogP contribution in [0.5, 0.6) is 17.2 Å². The van der Waals surface area contributed by atoms with Crippen molar-refractivity contribution < 1.29 is 28.6 Å². The zero-order chi connectivity index (χ0) is 30.0. The molecule has 2 aliphatic heterocycles. The van der Waals surface area contributed by atoms with Gasteiger partial charge < -0.3 is 19.1 Å². The maximum absolute atomic E-state index is 14.9. The van der Waals surface area contributed by atoms with Crippen LogP contribution < -0.4 is 19.1 Å². The fourth-order valence-corrected chi connectivity index (χ4v) is 8.10. The largest absolute Gasteiger partial charge is 0.493 e. The molecule has 3 atom stereocenters. The second kappa shape index (κ2) is 10.1. The summed E-state index contributed by atoms with van der Waals surface area (Å²) in [6.45, 7) is 0. The number of ether oxygens (including phenoxy) is 3. The first kappa shape index (κ1) is 27.4. The fourth-order valence-electron chi connectivity index (χ4n) is 7.22. The molecule has 1 fully saturated rings. The topological polar surface area (TPSA) is 82.1 Å². The molecule has 0 N–H and O–H groups in total. The van der Waals surface area contributed by atoms with E-state index >= 15 is 0 Å². The van der Waals surface area contributed by atoms with Crippen LogP contribution in [-0.2, 0) is 0 Å². The number of halogens is 1. The van der Waals surface area contributed by atoms with Gasteiger partial charge >= 0.3 is 0 Å². The Kier molecular flexibility index (Phi) is 6.45. The number of Topliss-reactive ketones (excluding diaryl/α,β-unsaturated/α-hetero) is 3. The normalized spacial score (nSPS) is 21.0. The zero-order valence-electron chi connectivity index (χ0n) is 23.5. The number of carbonyl (C=O) groups is 3. The molecule has 4 aromatic rings. The first-order chi connectivity index (χ1) is 20.9. The number of fused-ring (bicyclic) bond motifs is 5. The molecule has 0 bridgehead atoms. The highest BCUT2D eigenvalue weighted by Gasteiger charge is 2.72. The van der Waals surface area contributed by atoms with Crippen LogP contribution in [0.15, 0.2) is 78.2 Å². The van der Waals surface area contributed by atoms with Crippen LogP contribution in [-0.4, -0.2) is 50.8 Å². The van der Waals surface area contributed by atoms with E-state index in [1.807, 2.05) is 40.6 Å². The second-order valence-electron chi connectivity index (χ2n) is 10.7. The minimum Gasteiger partial charge on any atom is -0.493 e. The monoisotopic (exact) mass is 611 g/mol. The summed E-state index contributed by atoms with van der Waals surface area (Å²) >= 11 is 7.71. The quantitative estimate of drug-likeness (QED) is 0.176. The van der Waals surface area contributed by atoms with Crippen LogP contribution >= 0.6 is 22.9 Å². The Hall–Kier alpha value is -4.40. The van der Waals surface area contributed by atoms with Gasteiger partial charge in [-0.05, 0) is 41.3 Å². The first-order valence-electron chi connectivity index (χ1n) is 13.7. The van der Waals surface area contributed by atoms with Gasteiger partial charge in [-0.2, -0.15) is 0 Å². The molecule has 9 heteroatoms. The molecule has 3 unspecified atom stereocenters. The molecule has 3 aromatic carbocycles. The maximum atomic E-state index is 14.9. The molecule has 1 spiro atoms. The predicted molar refractivity (Wildman–Crippen MR) is 166 cm³/mol. The number of hydrogen-bond acceptors (Lipinski definition) is 8. The van der Waals surface area contributed by atoms with Gasteiger partial charge in [0.25, 0.3) is 0 Å². The number of thiophene rings is 1. The molecule has 0 radical (unpaired) electrons. The first-order valence-corrected chi connectivity index (χ1v) is 15.0. The summed E-state index contributed by atoms with van der Waals surface area (Å²) in [5, 5.41) is 2.38. The summed E-state index contributed by atoms with van der Waals surface area (Å²) < 4.78 is 17.2. The number of nitrogens with zero attached hydrogens (tertiary/aromatic N) is 1. The van der Waals surface area contributed by atoms with Crippen molar-refractivity contribution in [3.63, 3.8) is 0 Å². The van der Waals surface area contributed by atoms with Gasteiger partial charge in [0.1, 0.15) is 11.5 Å². The number of hydrogen-bond donors (Lipinski definition) is 0. The van der Waals surface area contributed by atoms with Gasteiger partial charge in [0.05, 0.1) is 32.2 Å². The molecular weight excluding hydrogens is 586 g/mol. The van der Waals surface area contributed by atoms with Crippen molar-refractivity contribution in [2.75, 3.05) is 26.2 Å². The minimum atomic E-state index is -1.68. The van der Waals surface area contributed by atoms with Crippen molar-refractivity contribution in [3.8, 4) is 17.2 Å². The van der Waals surface area contributed by atoms with Crippen LogP contribution in [0.4, 0.5) is 5.69 Å². The Morgan fingerprint density at radius 2 is 1.60 bits per heavy atom. The van der Waals surface area contributed by atoms with Crippen molar-refractivity contribution >= 4 is 52.1 Å². The average molecular weight is 612 g/mol. The summed E-state index contributed by atoms with van der Waals surface area (Å²) in [6, 6.07) is 17.7. The molecule has 43 heavy (non-hydrogen) atoms. The highest BCUT2D eigenvalue weighted by atomic mass is 35.5. The third-order valence-corrected chi connectivity index (χ3v) is 9.99. The van der Waals surface area contributed by atoms with Crippen LogP contribution in [0.2, 0.25) is 5.02 Å². The van der Waals surface area contributed by atoms with Crippen LogP contribution in [0.3, 0.4) is 0 Å². The van der Waals surface area contributed by atoms with E-state index in [1.54, 1.807) is 48.5 Å². The van der Waals surface area contributed by atoms with Crippen LogP contribution in [0.25, 0.3) is 6.08 Å². The Bertz CT molecular complexity index is 1810. The van der Waals surface area contributed by atoms with Gasteiger partial charge in [0.2, 0.25) is 5.75 Å². The molecule has 0 amide bonds. The smallest absolute Gasteiger partial charge is 0.203 e. The number of anilines is 1. The van der Waals surface area contributed by atoms with E-state index in [4.69, 9.17) is 25.8 Å². The van der Waals surface area contributed by atoms with Gasteiger partial charge in [-0.15, -0.1) is 11.3 Å². The van der Waals surface area contributed by atoms with Crippen molar-refractivity contribution in [1.29, 1.82) is 0 Å². The van der Waals surface area contributed by atoms with Gasteiger partial charge in [0.15, 0.2) is 28.8 Å². The summed E-state index contributed by atoms with van der Waals surface area (Å²) in [4.78, 5) is 46.9. The molecule has 216 valence electrons. The lowest BCUT2D eigenvalue weighted by Crippen LogP contribution is -2.48. The number of methoxy groups -OCH3 is 3. The molecule has 1 aliphatic carbocycles. The predicted octanol–water partition coefficient (Wildman–Crippen LogP) is 6.74. The Morgan fingerprint density at radius 1 is 0.884 bits per heavy atom. The Labute approximate surface area is 257 Å². The number of carbonyl (C=O) groups excluding carboxylic acids is 3. The Balaban J connectivity index is 1.59. The maximum Gasteiger partial charge on any atom is 0.203 e. The zero-order valence-corrected chi connectivity index (χ0v) is 25.1. The lowest BCUT2D eigenvalue weighted by atomic mass is 9.64. The standard InChI is InChI=1S/C34H26ClNO6S/c1-40-24-14-12-22(30(41-2)31(24)42-3)27-28(29(37)25-9-6-16-43-25)36-23-13-11-19(35)17-18(23)10-15-26(36)34(27)32(38)20-7-4-5-8-21(20)33(34)39/h4-17,26-28H,1-3H3. The fraction of sp³-hybridized carbons (Fsp3) is 0.206. The van der Waals surface area contributed by atoms with Gasteiger partial charge in [0, 0.05) is 33.3 Å². The third kappa shape index (κ3) is 3.63. The number of rotatable bonds is 6. The number of ketones is 3. The summed E-state index contributed by atoms with van der Waals surface area (Å²) in [5.41, 5.74) is 1.01. The highest BCUT2D eigenvalue weighted by molar-refractivity contribution is 7.12. The summed E-state index contributed by atoms with van der Waals surface area (Å²) in [7, 11) is 4.51. The van der Waals surface area contributed by atoms with E-state index < -0.39 is 23.4 Å². The second-order valence-corrected chi connectivity index (χ2v) is 12.1. The molecule has 0 saturated carbocycles. The third-order valence-electron chi connectivity index (χ3n) is 8.87.